The molecule has 1 aromatic heterocycles. The van der Waals surface area contributed by atoms with Gasteiger partial charge in [-0.3, -0.25) is 4.79 Å². The van der Waals surface area contributed by atoms with E-state index in [1.165, 1.54) is 11.8 Å². The maximum absolute atomic E-state index is 12.2. The number of rotatable bonds is 5. The van der Waals surface area contributed by atoms with E-state index >= 15 is 0 Å². The average molecular weight is 382 g/mol. The molecule has 0 spiro atoms. The third kappa shape index (κ3) is 4.22. The zero-order chi connectivity index (χ0) is 19.2. The Morgan fingerprint density at radius 3 is 2.81 bits per heavy atom. The van der Waals surface area contributed by atoms with Crippen LogP contribution in [0.25, 0.3) is 11.3 Å². The van der Waals surface area contributed by atoms with Crippen molar-refractivity contribution in [1.82, 2.24) is 9.97 Å². The van der Waals surface area contributed by atoms with E-state index < -0.39 is 0 Å². The number of carbonyl (C=O) groups is 1. The van der Waals surface area contributed by atoms with Crippen LogP contribution in [-0.2, 0) is 9.53 Å². The van der Waals surface area contributed by atoms with Crippen molar-refractivity contribution in [1.29, 1.82) is 5.26 Å². The molecule has 1 fully saturated rings. The summed E-state index contributed by atoms with van der Waals surface area (Å²) in [6.07, 6.45) is 3.56. The van der Waals surface area contributed by atoms with Gasteiger partial charge in [0.25, 0.3) is 0 Å². The molecule has 1 aliphatic heterocycles. The van der Waals surface area contributed by atoms with Gasteiger partial charge >= 0.3 is 5.97 Å². The molecule has 0 N–H and O–H groups in total. The monoisotopic (exact) mass is 382 g/mol. The van der Waals surface area contributed by atoms with Gasteiger partial charge in [0, 0.05) is 18.7 Å². The number of hydrogen-bond donors (Lipinski definition) is 0. The highest BCUT2D eigenvalue weighted by molar-refractivity contribution is 7.98. The number of nitrogens with zero attached hydrogens (tertiary/aromatic N) is 4. The van der Waals surface area contributed by atoms with Gasteiger partial charge in [0.2, 0.25) is 0 Å². The molecule has 140 valence electrons. The number of hydrogen-bond acceptors (Lipinski definition) is 7. The van der Waals surface area contributed by atoms with Crippen molar-refractivity contribution in [3.8, 4) is 17.3 Å². The topological polar surface area (TPSA) is 79.1 Å². The molecule has 0 bridgehead atoms. The van der Waals surface area contributed by atoms with Crippen LogP contribution in [0.15, 0.2) is 35.5 Å². The van der Waals surface area contributed by atoms with Crippen molar-refractivity contribution in [2.24, 2.45) is 5.92 Å². The highest BCUT2D eigenvalue weighted by Crippen LogP contribution is 2.32. The maximum Gasteiger partial charge on any atom is 0.310 e. The van der Waals surface area contributed by atoms with E-state index in [1.807, 2.05) is 48.4 Å². The quantitative estimate of drug-likeness (QED) is 0.445. The summed E-state index contributed by atoms with van der Waals surface area (Å²) in [5.74, 6) is 0.228. The molecule has 7 heteroatoms. The average Bonchev–Trinajstić information content (AvgIpc) is 2.73. The third-order valence-electron chi connectivity index (χ3n) is 4.55. The molecule has 1 aliphatic rings. The fourth-order valence-corrected chi connectivity index (χ4v) is 3.64. The van der Waals surface area contributed by atoms with Crippen molar-refractivity contribution in [2.75, 3.05) is 30.9 Å². The van der Waals surface area contributed by atoms with Crippen molar-refractivity contribution in [3.63, 3.8) is 0 Å². The molecule has 2 aromatic rings. The van der Waals surface area contributed by atoms with E-state index in [1.54, 1.807) is 0 Å². The second-order valence-electron chi connectivity index (χ2n) is 6.27. The van der Waals surface area contributed by atoms with Crippen molar-refractivity contribution in [3.05, 3.63) is 35.9 Å². The maximum atomic E-state index is 12.2. The van der Waals surface area contributed by atoms with E-state index in [-0.39, 0.29) is 11.9 Å². The molecule has 0 aliphatic carbocycles. The number of benzene rings is 1. The van der Waals surface area contributed by atoms with Crippen LogP contribution < -0.4 is 4.90 Å². The van der Waals surface area contributed by atoms with Gasteiger partial charge in [-0.05, 0) is 26.0 Å². The van der Waals surface area contributed by atoms with E-state index in [0.29, 0.717) is 35.4 Å². The van der Waals surface area contributed by atoms with Gasteiger partial charge in [-0.25, -0.2) is 9.97 Å². The fourth-order valence-electron chi connectivity index (χ4n) is 3.28. The molecule has 0 amide bonds. The molecular formula is C20H22N4O2S. The molecule has 27 heavy (non-hydrogen) atoms. The Bertz CT molecular complexity index is 851. The Morgan fingerprint density at radius 1 is 1.37 bits per heavy atom. The Morgan fingerprint density at radius 2 is 2.15 bits per heavy atom. The number of ether oxygens (including phenoxy) is 1. The number of esters is 1. The van der Waals surface area contributed by atoms with Crippen LogP contribution in [0.1, 0.15) is 25.3 Å². The summed E-state index contributed by atoms with van der Waals surface area (Å²) in [6, 6.07) is 11.9. The number of nitriles is 1. The third-order valence-corrected chi connectivity index (χ3v) is 5.10. The van der Waals surface area contributed by atoms with Gasteiger partial charge in [-0.15, -0.1) is 0 Å². The molecule has 6 nitrogen and oxygen atoms in total. The first kappa shape index (κ1) is 19.2. The van der Waals surface area contributed by atoms with Crippen LogP contribution >= 0.6 is 11.8 Å². The van der Waals surface area contributed by atoms with Gasteiger partial charge < -0.3 is 9.64 Å². The minimum absolute atomic E-state index is 0.178. The van der Waals surface area contributed by atoms with Crippen LogP contribution in [0.2, 0.25) is 0 Å². The zero-order valence-electron chi connectivity index (χ0n) is 15.5. The molecule has 1 aromatic carbocycles. The summed E-state index contributed by atoms with van der Waals surface area (Å²) in [7, 11) is 0. The van der Waals surface area contributed by atoms with Gasteiger partial charge in [0.05, 0.1) is 18.2 Å². The molecular weight excluding hydrogens is 360 g/mol. The molecule has 0 saturated carbocycles. The minimum Gasteiger partial charge on any atom is -0.466 e. The standard InChI is InChI=1S/C20H22N4O2S/c1-3-26-19(25)15-10-7-11-24(13-15)18-16(12-21)17(22-20(23-18)27-2)14-8-5-4-6-9-14/h4-6,8-9,15H,3,7,10-11,13H2,1-2H3. The zero-order valence-corrected chi connectivity index (χ0v) is 16.3. The van der Waals surface area contributed by atoms with Gasteiger partial charge in [0.1, 0.15) is 11.6 Å². The lowest BCUT2D eigenvalue weighted by Crippen LogP contribution is -2.40. The number of piperidine rings is 1. The van der Waals surface area contributed by atoms with Gasteiger partial charge in [-0.1, -0.05) is 42.1 Å². The Labute approximate surface area is 163 Å². The largest absolute Gasteiger partial charge is 0.466 e. The normalized spacial score (nSPS) is 16.6. The van der Waals surface area contributed by atoms with Crippen molar-refractivity contribution in [2.45, 2.75) is 24.9 Å². The summed E-state index contributed by atoms with van der Waals surface area (Å²) < 4.78 is 5.19. The van der Waals surface area contributed by atoms with E-state index in [4.69, 9.17) is 4.74 Å². The summed E-state index contributed by atoms with van der Waals surface area (Å²) in [4.78, 5) is 23.4. The fraction of sp³-hybridized carbons (Fsp3) is 0.400. The molecule has 1 saturated heterocycles. The molecule has 3 rings (SSSR count). The molecule has 1 atom stereocenters. The van der Waals surface area contributed by atoms with Crippen LogP contribution in [0.5, 0.6) is 0 Å². The Kier molecular flexibility index (Phi) is 6.30. The highest BCUT2D eigenvalue weighted by atomic mass is 32.2. The second-order valence-corrected chi connectivity index (χ2v) is 7.05. The smallest absolute Gasteiger partial charge is 0.310 e. The van der Waals surface area contributed by atoms with Crippen molar-refractivity contribution >= 4 is 23.5 Å². The number of anilines is 1. The van der Waals surface area contributed by atoms with Crippen molar-refractivity contribution < 1.29 is 9.53 Å². The molecule has 2 heterocycles. The summed E-state index contributed by atoms with van der Waals surface area (Å²) >= 11 is 1.44. The lowest BCUT2D eigenvalue weighted by molar-refractivity contribution is -0.148. The molecule has 1 unspecified atom stereocenters. The first-order valence-corrected chi connectivity index (χ1v) is 10.2. The van der Waals surface area contributed by atoms with E-state index in [2.05, 4.69) is 16.0 Å². The first-order chi connectivity index (χ1) is 13.2. The summed E-state index contributed by atoms with van der Waals surface area (Å²) in [5, 5.41) is 10.5. The number of thioether (sulfide) groups is 1. The Balaban J connectivity index is 2.02. The second kappa shape index (κ2) is 8.87. The first-order valence-electron chi connectivity index (χ1n) is 9.01. The minimum atomic E-state index is -0.196. The summed E-state index contributed by atoms with van der Waals surface area (Å²) in [6.45, 7) is 3.45. The van der Waals surface area contributed by atoms with E-state index in [0.717, 1.165) is 24.9 Å². The SMILES string of the molecule is CCOC(=O)C1CCCN(c2nc(SC)nc(-c3ccccc3)c2C#N)C1. The summed E-state index contributed by atoms with van der Waals surface area (Å²) in [5.41, 5.74) is 1.96. The number of carbonyl (C=O) groups excluding carboxylic acids is 1. The van der Waals surface area contributed by atoms with Gasteiger partial charge in [0.15, 0.2) is 11.0 Å². The van der Waals surface area contributed by atoms with E-state index in [9.17, 15) is 10.1 Å². The Hall–Kier alpha value is -2.59. The van der Waals surface area contributed by atoms with Gasteiger partial charge in [-0.2, -0.15) is 5.26 Å². The predicted molar refractivity (Wildman–Crippen MR) is 106 cm³/mol. The lowest BCUT2D eigenvalue weighted by Gasteiger charge is -2.33. The lowest BCUT2D eigenvalue weighted by atomic mass is 9.97. The van der Waals surface area contributed by atoms with Crippen LogP contribution in [-0.4, -0.2) is 41.9 Å². The highest BCUT2D eigenvalue weighted by Gasteiger charge is 2.30. The predicted octanol–water partition coefficient (Wildman–Crippen LogP) is 3.52. The number of aromatic nitrogens is 2. The van der Waals surface area contributed by atoms with Crippen LogP contribution in [0.4, 0.5) is 5.82 Å². The molecule has 0 radical (unpaired) electrons. The van der Waals surface area contributed by atoms with Crippen LogP contribution in [0, 0.1) is 17.2 Å². The van der Waals surface area contributed by atoms with Crippen LogP contribution in [0.3, 0.4) is 0 Å².